The van der Waals surface area contributed by atoms with E-state index in [1.807, 2.05) is 30.3 Å². The van der Waals surface area contributed by atoms with Crippen molar-refractivity contribution < 1.29 is 9.53 Å². The van der Waals surface area contributed by atoms with Crippen molar-refractivity contribution in [3.05, 3.63) is 48.2 Å². The van der Waals surface area contributed by atoms with E-state index in [0.29, 0.717) is 24.6 Å². The molecule has 1 aromatic carbocycles. The van der Waals surface area contributed by atoms with Gasteiger partial charge in [0, 0.05) is 43.8 Å². The van der Waals surface area contributed by atoms with Gasteiger partial charge in [0.05, 0.1) is 18.8 Å². The first kappa shape index (κ1) is 18.2. The number of nitrogens with zero attached hydrogens (tertiary/aromatic N) is 3. The number of hydrogen-bond donors (Lipinski definition) is 1. The Kier molecular flexibility index (Phi) is 6.07. The third-order valence-electron chi connectivity index (χ3n) is 4.60. The summed E-state index contributed by atoms with van der Waals surface area (Å²) in [6.45, 7) is 8.99. The highest BCUT2D eigenvalue weighted by Crippen LogP contribution is 2.22. The fourth-order valence-electron chi connectivity index (χ4n) is 3.14. The third kappa shape index (κ3) is 4.14. The molecule has 3 rings (SSSR count). The summed E-state index contributed by atoms with van der Waals surface area (Å²) < 4.78 is 5.39. The van der Waals surface area contributed by atoms with Crippen molar-refractivity contribution in [2.45, 2.75) is 13.8 Å². The summed E-state index contributed by atoms with van der Waals surface area (Å²) in [6, 6.07) is 11.6. The van der Waals surface area contributed by atoms with E-state index in [1.54, 1.807) is 12.3 Å². The van der Waals surface area contributed by atoms with Crippen LogP contribution in [0.4, 0.5) is 17.2 Å². The fourth-order valence-corrected chi connectivity index (χ4v) is 3.14. The summed E-state index contributed by atoms with van der Waals surface area (Å²) in [5.74, 6) is 0.572. The molecule has 2 heterocycles. The monoisotopic (exact) mass is 354 g/mol. The molecule has 0 bridgehead atoms. The van der Waals surface area contributed by atoms with Gasteiger partial charge in [0.15, 0.2) is 0 Å². The normalized spacial score (nSPS) is 14.2. The van der Waals surface area contributed by atoms with Crippen LogP contribution in [0, 0.1) is 0 Å². The van der Waals surface area contributed by atoms with E-state index in [-0.39, 0.29) is 5.91 Å². The Balaban J connectivity index is 1.74. The largest absolute Gasteiger partial charge is 0.378 e. The second-order valence-electron chi connectivity index (χ2n) is 6.15. The molecule has 0 atom stereocenters. The van der Waals surface area contributed by atoms with Crippen molar-refractivity contribution in [2.24, 2.45) is 0 Å². The van der Waals surface area contributed by atoms with E-state index in [9.17, 15) is 4.79 Å². The molecule has 138 valence electrons. The molecule has 0 saturated carbocycles. The van der Waals surface area contributed by atoms with Gasteiger partial charge in [0.25, 0.3) is 5.91 Å². The number of ether oxygens (including phenoxy) is 1. The van der Waals surface area contributed by atoms with Crippen molar-refractivity contribution in [1.29, 1.82) is 0 Å². The number of aromatic nitrogens is 1. The number of anilines is 3. The lowest BCUT2D eigenvalue weighted by Gasteiger charge is -2.29. The number of amides is 1. The minimum absolute atomic E-state index is 0.143. The van der Waals surface area contributed by atoms with Crippen molar-refractivity contribution in [2.75, 3.05) is 54.5 Å². The second-order valence-corrected chi connectivity index (χ2v) is 6.15. The molecule has 6 nitrogen and oxygen atoms in total. The maximum Gasteiger partial charge on any atom is 0.259 e. The first-order valence-electron chi connectivity index (χ1n) is 9.17. The molecule has 0 unspecified atom stereocenters. The molecule has 6 heteroatoms. The van der Waals surface area contributed by atoms with E-state index in [0.717, 1.165) is 37.6 Å². The number of nitrogens with one attached hydrogen (secondary N) is 1. The number of pyridine rings is 1. The standard InChI is InChI=1S/C20H26N4O2/c1-3-23(4-2)17-9-7-16(8-10-17)22-20(25)18-6-5-11-21-19(18)24-12-14-26-15-13-24/h5-11H,3-4,12-15H2,1-2H3,(H,22,25). The summed E-state index contributed by atoms with van der Waals surface area (Å²) in [5.41, 5.74) is 2.52. The number of carbonyl (C=O) groups is 1. The Morgan fingerprint density at radius 1 is 1.15 bits per heavy atom. The van der Waals surface area contributed by atoms with Crippen LogP contribution in [0.15, 0.2) is 42.6 Å². The zero-order valence-electron chi connectivity index (χ0n) is 15.4. The average Bonchev–Trinajstić information content (AvgIpc) is 2.71. The van der Waals surface area contributed by atoms with Crippen molar-refractivity contribution in [1.82, 2.24) is 4.98 Å². The molecule has 1 aliphatic heterocycles. The SMILES string of the molecule is CCN(CC)c1ccc(NC(=O)c2cccnc2N2CCOCC2)cc1. The van der Waals surface area contributed by atoms with Gasteiger partial charge in [-0.05, 0) is 50.2 Å². The molecule has 1 saturated heterocycles. The number of hydrogen-bond acceptors (Lipinski definition) is 5. The first-order chi connectivity index (χ1) is 12.7. The van der Waals surface area contributed by atoms with Gasteiger partial charge in [-0.3, -0.25) is 4.79 Å². The van der Waals surface area contributed by atoms with Crippen LogP contribution in [0.3, 0.4) is 0 Å². The van der Waals surface area contributed by atoms with E-state index >= 15 is 0 Å². The van der Waals surface area contributed by atoms with Gasteiger partial charge in [-0.25, -0.2) is 4.98 Å². The number of rotatable bonds is 6. The van der Waals surface area contributed by atoms with Crippen molar-refractivity contribution in [3.8, 4) is 0 Å². The summed E-state index contributed by atoms with van der Waals surface area (Å²) in [5, 5.41) is 2.98. The molecular weight excluding hydrogens is 328 g/mol. The molecule has 1 aliphatic rings. The van der Waals surface area contributed by atoms with Crippen LogP contribution in [0.2, 0.25) is 0 Å². The Morgan fingerprint density at radius 3 is 2.50 bits per heavy atom. The predicted octanol–water partition coefficient (Wildman–Crippen LogP) is 3.02. The predicted molar refractivity (Wildman–Crippen MR) is 105 cm³/mol. The Labute approximate surface area is 154 Å². The fraction of sp³-hybridized carbons (Fsp3) is 0.400. The van der Waals surface area contributed by atoms with E-state index < -0.39 is 0 Å². The molecule has 1 fully saturated rings. The molecule has 1 aromatic heterocycles. The molecule has 1 N–H and O–H groups in total. The number of morpholine rings is 1. The second kappa shape index (κ2) is 8.67. The smallest absolute Gasteiger partial charge is 0.259 e. The average molecular weight is 354 g/mol. The zero-order valence-corrected chi connectivity index (χ0v) is 15.4. The highest BCUT2D eigenvalue weighted by atomic mass is 16.5. The van der Waals surface area contributed by atoms with Crippen molar-refractivity contribution >= 4 is 23.1 Å². The molecule has 0 spiro atoms. The van der Waals surface area contributed by atoms with Crippen LogP contribution in [0.1, 0.15) is 24.2 Å². The van der Waals surface area contributed by atoms with E-state index in [1.165, 1.54) is 0 Å². The summed E-state index contributed by atoms with van der Waals surface area (Å²) in [4.78, 5) is 21.6. The number of carbonyl (C=O) groups excluding carboxylic acids is 1. The van der Waals surface area contributed by atoms with Gasteiger partial charge in [-0.15, -0.1) is 0 Å². The van der Waals surface area contributed by atoms with Crippen LogP contribution in [0.5, 0.6) is 0 Å². The lowest BCUT2D eigenvalue weighted by Crippen LogP contribution is -2.38. The van der Waals surface area contributed by atoms with Crippen molar-refractivity contribution in [3.63, 3.8) is 0 Å². The van der Waals surface area contributed by atoms with Gasteiger partial charge in [-0.2, -0.15) is 0 Å². The molecule has 26 heavy (non-hydrogen) atoms. The van der Waals surface area contributed by atoms with Crippen LogP contribution in [-0.2, 0) is 4.74 Å². The van der Waals surface area contributed by atoms with E-state index in [2.05, 4.69) is 33.9 Å². The van der Waals surface area contributed by atoms with Gasteiger partial charge in [0.2, 0.25) is 0 Å². The first-order valence-corrected chi connectivity index (χ1v) is 9.17. The summed E-state index contributed by atoms with van der Waals surface area (Å²) >= 11 is 0. The maximum atomic E-state index is 12.8. The lowest BCUT2D eigenvalue weighted by molar-refractivity contribution is 0.102. The molecule has 0 radical (unpaired) electrons. The third-order valence-corrected chi connectivity index (χ3v) is 4.60. The van der Waals surface area contributed by atoms with Crippen LogP contribution < -0.4 is 15.1 Å². The molecule has 2 aromatic rings. The van der Waals surface area contributed by atoms with Crippen LogP contribution in [-0.4, -0.2) is 50.3 Å². The molecule has 1 amide bonds. The number of benzene rings is 1. The maximum absolute atomic E-state index is 12.8. The summed E-state index contributed by atoms with van der Waals surface area (Å²) in [6.07, 6.45) is 1.72. The van der Waals surface area contributed by atoms with Crippen LogP contribution in [0.25, 0.3) is 0 Å². The zero-order chi connectivity index (χ0) is 18.4. The topological polar surface area (TPSA) is 57.7 Å². The molecular formula is C20H26N4O2. The Morgan fingerprint density at radius 2 is 1.85 bits per heavy atom. The van der Waals surface area contributed by atoms with Crippen LogP contribution >= 0.6 is 0 Å². The minimum Gasteiger partial charge on any atom is -0.378 e. The minimum atomic E-state index is -0.143. The molecule has 0 aliphatic carbocycles. The van der Waals surface area contributed by atoms with Gasteiger partial charge in [0.1, 0.15) is 5.82 Å². The highest BCUT2D eigenvalue weighted by molar-refractivity contribution is 6.07. The lowest BCUT2D eigenvalue weighted by atomic mass is 10.2. The highest BCUT2D eigenvalue weighted by Gasteiger charge is 2.20. The quantitative estimate of drug-likeness (QED) is 0.864. The summed E-state index contributed by atoms with van der Waals surface area (Å²) in [7, 11) is 0. The Bertz CT molecular complexity index is 723. The van der Waals surface area contributed by atoms with Gasteiger partial charge >= 0.3 is 0 Å². The van der Waals surface area contributed by atoms with Gasteiger partial charge in [-0.1, -0.05) is 0 Å². The van der Waals surface area contributed by atoms with Gasteiger partial charge < -0.3 is 19.9 Å². The van der Waals surface area contributed by atoms with E-state index in [4.69, 9.17) is 4.74 Å². The Hall–Kier alpha value is -2.60.